The standard InChI is InChI=1S/C15H16N2/c1-17(2)14-9-7-11-13(16)8-6-10-4-3-5-12(14)15(10)11/h3-9,14H,16H2,1-2H3. The predicted octanol–water partition coefficient (Wildman–Crippen LogP) is 3.05. The van der Waals surface area contributed by atoms with Gasteiger partial charge < -0.3 is 5.73 Å². The van der Waals surface area contributed by atoms with Crippen LogP contribution in [0.3, 0.4) is 0 Å². The van der Waals surface area contributed by atoms with Gasteiger partial charge in [-0.3, -0.25) is 4.90 Å². The van der Waals surface area contributed by atoms with Gasteiger partial charge in [-0.25, -0.2) is 0 Å². The third-order valence-electron chi connectivity index (χ3n) is 3.47. The Hall–Kier alpha value is -1.80. The van der Waals surface area contributed by atoms with Crippen LogP contribution in [0.25, 0.3) is 16.8 Å². The lowest BCUT2D eigenvalue weighted by molar-refractivity contribution is 0.353. The van der Waals surface area contributed by atoms with Gasteiger partial charge in [0.1, 0.15) is 0 Å². The molecule has 0 heterocycles. The van der Waals surface area contributed by atoms with Crippen LogP contribution in [0, 0.1) is 0 Å². The van der Waals surface area contributed by atoms with Crippen molar-refractivity contribution >= 4 is 22.5 Å². The molecule has 0 fully saturated rings. The number of nitrogen functional groups attached to an aromatic ring is 1. The lowest BCUT2D eigenvalue weighted by Gasteiger charge is -2.27. The zero-order valence-corrected chi connectivity index (χ0v) is 10.1. The molecule has 0 bridgehead atoms. The first-order valence-electron chi connectivity index (χ1n) is 5.84. The first kappa shape index (κ1) is 10.4. The van der Waals surface area contributed by atoms with Crippen molar-refractivity contribution in [2.45, 2.75) is 6.04 Å². The molecule has 0 amide bonds. The summed E-state index contributed by atoms with van der Waals surface area (Å²) in [6, 6.07) is 10.9. The molecule has 1 aliphatic carbocycles. The summed E-state index contributed by atoms with van der Waals surface area (Å²) in [6.07, 6.45) is 4.36. The molecule has 2 nitrogen and oxygen atoms in total. The van der Waals surface area contributed by atoms with Crippen LogP contribution in [0.2, 0.25) is 0 Å². The number of nitrogens with zero attached hydrogens (tertiary/aromatic N) is 1. The largest absolute Gasteiger partial charge is 0.398 e. The lowest BCUT2D eigenvalue weighted by atomic mass is 9.89. The molecule has 3 rings (SSSR count). The fraction of sp³-hybridized carbons (Fsp3) is 0.200. The first-order valence-corrected chi connectivity index (χ1v) is 5.84. The third-order valence-corrected chi connectivity index (χ3v) is 3.47. The van der Waals surface area contributed by atoms with Gasteiger partial charge in [-0.1, -0.05) is 36.4 Å². The van der Waals surface area contributed by atoms with Gasteiger partial charge in [0, 0.05) is 11.3 Å². The summed E-state index contributed by atoms with van der Waals surface area (Å²) in [5, 5.41) is 2.57. The number of hydrogen-bond acceptors (Lipinski definition) is 2. The Kier molecular flexibility index (Phi) is 2.20. The van der Waals surface area contributed by atoms with E-state index in [-0.39, 0.29) is 0 Å². The van der Waals surface area contributed by atoms with E-state index in [4.69, 9.17) is 5.73 Å². The number of rotatable bonds is 1. The summed E-state index contributed by atoms with van der Waals surface area (Å²) in [7, 11) is 4.20. The molecule has 1 unspecified atom stereocenters. The Morgan fingerprint density at radius 1 is 1.12 bits per heavy atom. The number of hydrogen-bond donors (Lipinski definition) is 1. The van der Waals surface area contributed by atoms with Crippen LogP contribution in [0.5, 0.6) is 0 Å². The quantitative estimate of drug-likeness (QED) is 0.754. The summed E-state index contributed by atoms with van der Waals surface area (Å²) in [5.41, 5.74) is 9.42. The fourth-order valence-electron chi connectivity index (χ4n) is 2.62. The molecule has 0 spiro atoms. The Morgan fingerprint density at radius 2 is 1.94 bits per heavy atom. The highest BCUT2D eigenvalue weighted by molar-refractivity contribution is 5.99. The molecule has 86 valence electrons. The van der Waals surface area contributed by atoms with E-state index in [2.05, 4.69) is 55.4 Å². The second kappa shape index (κ2) is 3.60. The molecular weight excluding hydrogens is 208 g/mol. The van der Waals surface area contributed by atoms with Crippen LogP contribution >= 0.6 is 0 Å². The summed E-state index contributed by atoms with van der Waals surface area (Å²) in [5.74, 6) is 0. The van der Waals surface area contributed by atoms with E-state index >= 15 is 0 Å². The molecule has 1 atom stereocenters. The minimum Gasteiger partial charge on any atom is -0.398 e. The maximum atomic E-state index is 6.06. The molecule has 0 radical (unpaired) electrons. The van der Waals surface area contributed by atoms with E-state index in [0.717, 1.165) is 11.3 Å². The van der Waals surface area contributed by atoms with Crippen LogP contribution in [-0.2, 0) is 0 Å². The average Bonchev–Trinajstić information content (AvgIpc) is 2.33. The second-order valence-electron chi connectivity index (χ2n) is 4.78. The number of anilines is 1. The van der Waals surface area contributed by atoms with Gasteiger partial charge in [-0.2, -0.15) is 0 Å². The Balaban J connectivity index is 2.39. The fourth-order valence-corrected chi connectivity index (χ4v) is 2.62. The summed E-state index contributed by atoms with van der Waals surface area (Å²) in [4.78, 5) is 2.22. The monoisotopic (exact) mass is 224 g/mol. The molecule has 2 aromatic rings. The second-order valence-corrected chi connectivity index (χ2v) is 4.78. The van der Waals surface area contributed by atoms with Crippen molar-refractivity contribution < 1.29 is 0 Å². The van der Waals surface area contributed by atoms with Gasteiger partial charge >= 0.3 is 0 Å². The minimum absolute atomic E-state index is 0.341. The van der Waals surface area contributed by atoms with Crippen molar-refractivity contribution in [3.05, 3.63) is 47.5 Å². The first-order chi connectivity index (χ1) is 8.18. The highest BCUT2D eigenvalue weighted by Gasteiger charge is 2.19. The van der Waals surface area contributed by atoms with Crippen molar-refractivity contribution in [2.24, 2.45) is 0 Å². The van der Waals surface area contributed by atoms with Gasteiger partial charge in [0.2, 0.25) is 0 Å². The van der Waals surface area contributed by atoms with Gasteiger partial charge in [0.15, 0.2) is 0 Å². The van der Waals surface area contributed by atoms with Crippen LogP contribution < -0.4 is 5.73 Å². The molecule has 17 heavy (non-hydrogen) atoms. The highest BCUT2D eigenvalue weighted by Crippen LogP contribution is 2.37. The van der Waals surface area contributed by atoms with Crippen LogP contribution in [-0.4, -0.2) is 19.0 Å². The molecule has 1 aliphatic rings. The van der Waals surface area contributed by atoms with E-state index in [1.54, 1.807) is 0 Å². The summed E-state index contributed by atoms with van der Waals surface area (Å²) < 4.78 is 0. The maximum absolute atomic E-state index is 6.06. The van der Waals surface area contributed by atoms with Crippen molar-refractivity contribution in [3.8, 4) is 0 Å². The van der Waals surface area contributed by atoms with Gasteiger partial charge in [-0.15, -0.1) is 0 Å². The lowest BCUT2D eigenvalue weighted by Crippen LogP contribution is -2.19. The van der Waals surface area contributed by atoms with Crippen LogP contribution in [0.1, 0.15) is 17.2 Å². The molecular formula is C15H16N2. The summed E-state index contributed by atoms with van der Waals surface area (Å²) >= 11 is 0. The van der Waals surface area contributed by atoms with Crippen LogP contribution in [0.4, 0.5) is 5.69 Å². The maximum Gasteiger partial charge on any atom is 0.0536 e. The predicted molar refractivity (Wildman–Crippen MR) is 73.8 cm³/mol. The van der Waals surface area contributed by atoms with Gasteiger partial charge in [0.05, 0.1) is 6.04 Å². The van der Waals surface area contributed by atoms with E-state index in [1.165, 1.54) is 16.3 Å². The molecule has 2 aromatic carbocycles. The summed E-state index contributed by atoms with van der Waals surface area (Å²) in [6.45, 7) is 0. The zero-order valence-electron chi connectivity index (χ0n) is 10.1. The van der Waals surface area contributed by atoms with E-state index in [9.17, 15) is 0 Å². The van der Waals surface area contributed by atoms with E-state index < -0.39 is 0 Å². The van der Waals surface area contributed by atoms with Gasteiger partial charge in [-0.05, 0) is 36.5 Å². The van der Waals surface area contributed by atoms with E-state index in [1.807, 2.05) is 6.07 Å². The third kappa shape index (κ3) is 1.45. The minimum atomic E-state index is 0.341. The molecule has 0 aromatic heterocycles. The smallest absolute Gasteiger partial charge is 0.0536 e. The van der Waals surface area contributed by atoms with Gasteiger partial charge in [0.25, 0.3) is 0 Å². The SMILES string of the molecule is CN(C)C1C=Cc2c(N)ccc3cccc1c23. The molecule has 2 heteroatoms. The van der Waals surface area contributed by atoms with Crippen molar-refractivity contribution in [1.82, 2.24) is 4.90 Å². The Labute approximate surface area is 101 Å². The number of likely N-dealkylation sites (N-methyl/N-ethyl adjacent to an activating group) is 1. The molecule has 0 aliphatic heterocycles. The van der Waals surface area contributed by atoms with Crippen LogP contribution in [0.15, 0.2) is 36.4 Å². The van der Waals surface area contributed by atoms with E-state index in [0.29, 0.717) is 6.04 Å². The molecule has 0 saturated heterocycles. The Bertz CT molecular complexity index is 612. The Morgan fingerprint density at radius 3 is 2.71 bits per heavy atom. The highest BCUT2D eigenvalue weighted by atomic mass is 15.1. The molecule has 0 saturated carbocycles. The average molecular weight is 224 g/mol. The van der Waals surface area contributed by atoms with Crippen molar-refractivity contribution in [1.29, 1.82) is 0 Å². The molecule has 2 N–H and O–H groups in total. The number of benzene rings is 2. The normalized spacial score (nSPS) is 17.9. The zero-order chi connectivity index (χ0) is 12.0. The van der Waals surface area contributed by atoms with Crippen molar-refractivity contribution in [2.75, 3.05) is 19.8 Å². The van der Waals surface area contributed by atoms with Crippen molar-refractivity contribution in [3.63, 3.8) is 0 Å². The topological polar surface area (TPSA) is 29.3 Å². The number of nitrogens with two attached hydrogens (primary N) is 1.